The Kier molecular flexibility index (Phi) is 3.90. The second-order valence-corrected chi connectivity index (χ2v) is 5.83. The van der Waals surface area contributed by atoms with E-state index in [4.69, 9.17) is 4.74 Å². The minimum Gasteiger partial charge on any atom is -0.494 e. The maximum absolute atomic E-state index is 12.8. The van der Waals surface area contributed by atoms with E-state index in [0.717, 1.165) is 28.5 Å². The summed E-state index contributed by atoms with van der Waals surface area (Å²) >= 11 is 0. The normalized spacial score (nSPS) is 12.3. The molecule has 0 aliphatic carbocycles. The molecule has 1 aromatic heterocycles. The number of aromatic nitrogens is 1. The molecular weight excluding hydrogens is 314 g/mol. The molecule has 5 heteroatoms. The Morgan fingerprint density at radius 1 is 1.04 bits per heavy atom. The Morgan fingerprint density at radius 3 is 2.56 bits per heavy atom. The van der Waals surface area contributed by atoms with E-state index in [1.165, 1.54) is 0 Å². The van der Waals surface area contributed by atoms with Gasteiger partial charge in [-0.25, -0.2) is 4.79 Å². The average molecular weight is 333 g/mol. The van der Waals surface area contributed by atoms with Crippen molar-refractivity contribution in [3.63, 3.8) is 0 Å². The number of anilines is 2. The number of amides is 2. The number of para-hydroxylation sites is 2. The monoisotopic (exact) mass is 333 g/mol. The summed E-state index contributed by atoms with van der Waals surface area (Å²) in [7, 11) is 0. The summed E-state index contributed by atoms with van der Waals surface area (Å²) in [6.45, 7) is 3.10. The van der Waals surface area contributed by atoms with Crippen LogP contribution >= 0.6 is 0 Å². The third-order valence-electron chi connectivity index (χ3n) is 4.25. The fourth-order valence-electron chi connectivity index (χ4n) is 3.10. The number of hydrogen-bond acceptors (Lipinski definition) is 2. The molecule has 25 heavy (non-hydrogen) atoms. The first-order chi connectivity index (χ1) is 12.3. The van der Waals surface area contributed by atoms with Crippen LogP contribution in [-0.4, -0.2) is 17.2 Å². The zero-order chi connectivity index (χ0) is 17.2. The van der Waals surface area contributed by atoms with Gasteiger partial charge in [0.05, 0.1) is 24.5 Å². The molecule has 126 valence electrons. The van der Waals surface area contributed by atoms with E-state index >= 15 is 0 Å². The highest BCUT2D eigenvalue weighted by Gasteiger charge is 2.25. The number of ether oxygens (including phenoxy) is 1. The van der Waals surface area contributed by atoms with Crippen molar-refractivity contribution in [2.75, 3.05) is 16.8 Å². The molecule has 0 radical (unpaired) electrons. The second-order valence-electron chi connectivity index (χ2n) is 5.83. The van der Waals surface area contributed by atoms with Gasteiger partial charge >= 0.3 is 6.03 Å². The Morgan fingerprint density at radius 2 is 1.80 bits per heavy atom. The van der Waals surface area contributed by atoms with Crippen molar-refractivity contribution in [1.82, 2.24) is 4.57 Å². The van der Waals surface area contributed by atoms with Gasteiger partial charge in [-0.1, -0.05) is 12.1 Å². The van der Waals surface area contributed by atoms with Crippen LogP contribution < -0.4 is 15.0 Å². The number of carbonyl (C=O) groups is 1. The maximum Gasteiger partial charge on any atom is 0.326 e. The molecule has 2 heterocycles. The van der Waals surface area contributed by atoms with Gasteiger partial charge in [-0.2, -0.15) is 0 Å². The molecular formula is C20H19N3O2. The summed E-state index contributed by atoms with van der Waals surface area (Å²) in [5, 5.41) is 2.97. The van der Waals surface area contributed by atoms with Gasteiger partial charge in [0, 0.05) is 17.6 Å². The minimum atomic E-state index is -0.149. The molecule has 1 aliphatic rings. The van der Waals surface area contributed by atoms with Crippen molar-refractivity contribution < 1.29 is 9.53 Å². The molecule has 0 saturated heterocycles. The highest BCUT2D eigenvalue weighted by molar-refractivity contribution is 6.03. The van der Waals surface area contributed by atoms with Gasteiger partial charge in [0.15, 0.2) is 0 Å². The predicted octanol–water partition coefficient (Wildman–Crippen LogP) is 4.43. The van der Waals surface area contributed by atoms with Crippen LogP contribution in [0.15, 0.2) is 66.9 Å². The molecule has 0 saturated carbocycles. The van der Waals surface area contributed by atoms with Crippen molar-refractivity contribution >= 4 is 17.4 Å². The van der Waals surface area contributed by atoms with E-state index in [2.05, 4.69) is 9.88 Å². The van der Waals surface area contributed by atoms with Gasteiger partial charge in [-0.3, -0.25) is 4.90 Å². The van der Waals surface area contributed by atoms with E-state index in [0.29, 0.717) is 13.2 Å². The van der Waals surface area contributed by atoms with Crippen molar-refractivity contribution in [3.8, 4) is 11.4 Å². The second kappa shape index (κ2) is 6.36. The van der Waals surface area contributed by atoms with Crippen molar-refractivity contribution in [2.45, 2.75) is 13.5 Å². The number of rotatable bonds is 3. The first kappa shape index (κ1) is 15.3. The molecule has 3 aromatic rings. The Balaban J connectivity index is 1.58. The fraction of sp³-hybridized carbons (Fsp3) is 0.150. The van der Waals surface area contributed by atoms with Gasteiger partial charge in [0.1, 0.15) is 5.75 Å². The zero-order valence-electron chi connectivity index (χ0n) is 14.0. The summed E-state index contributed by atoms with van der Waals surface area (Å²) in [6, 6.07) is 19.2. The molecule has 0 fully saturated rings. The van der Waals surface area contributed by atoms with Crippen LogP contribution in [0.3, 0.4) is 0 Å². The number of carbonyl (C=O) groups excluding carboxylic acids is 1. The number of nitrogens with one attached hydrogen (secondary N) is 1. The summed E-state index contributed by atoms with van der Waals surface area (Å²) in [5.41, 5.74) is 3.73. The number of nitrogens with zero attached hydrogens (tertiary/aromatic N) is 2. The van der Waals surface area contributed by atoms with Crippen LogP contribution in [0.2, 0.25) is 0 Å². The van der Waals surface area contributed by atoms with Crippen molar-refractivity contribution in [3.05, 3.63) is 72.6 Å². The summed E-state index contributed by atoms with van der Waals surface area (Å²) in [5.74, 6) is 0.793. The molecule has 5 nitrogen and oxygen atoms in total. The van der Waals surface area contributed by atoms with Crippen LogP contribution in [0.25, 0.3) is 5.69 Å². The molecule has 0 unspecified atom stereocenters. The quantitative estimate of drug-likeness (QED) is 0.771. The summed E-state index contributed by atoms with van der Waals surface area (Å²) < 4.78 is 7.55. The van der Waals surface area contributed by atoms with E-state index in [-0.39, 0.29) is 6.03 Å². The van der Waals surface area contributed by atoms with E-state index in [1.807, 2.05) is 73.8 Å². The lowest BCUT2D eigenvalue weighted by Crippen LogP contribution is -2.38. The van der Waals surface area contributed by atoms with E-state index in [1.54, 1.807) is 4.90 Å². The maximum atomic E-state index is 12.8. The third kappa shape index (κ3) is 2.85. The van der Waals surface area contributed by atoms with Crippen LogP contribution in [0.5, 0.6) is 5.75 Å². The van der Waals surface area contributed by atoms with Gasteiger partial charge in [-0.15, -0.1) is 0 Å². The standard InChI is InChI=1S/C20H19N3O2/c1-2-25-17-11-9-15(10-12-17)21-20(24)23-14-16-6-5-13-22(16)18-7-3-4-8-19(18)23/h3-13H,2,14H2,1H3,(H,21,24). The summed E-state index contributed by atoms with van der Waals surface area (Å²) in [6.07, 6.45) is 2.02. The first-order valence-electron chi connectivity index (χ1n) is 8.33. The van der Waals surface area contributed by atoms with Crippen molar-refractivity contribution in [1.29, 1.82) is 0 Å². The van der Waals surface area contributed by atoms with Crippen molar-refractivity contribution in [2.24, 2.45) is 0 Å². The van der Waals surface area contributed by atoms with Crippen LogP contribution in [0, 0.1) is 0 Å². The van der Waals surface area contributed by atoms with Crippen LogP contribution in [0.4, 0.5) is 16.2 Å². The Bertz CT molecular complexity index is 899. The Labute approximate surface area is 146 Å². The molecule has 2 amide bonds. The van der Waals surface area contributed by atoms with Gasteiger partial charge < -0.3 is 14.6 Å². The number of urea groups is 1. The molecule has 0 bridgehead atoms. The highest BCUT2D eigenvalue weighted by Crippen LogP contribution is 2.32. The van der Waals surface area contributed by atoms with Crippen LogP contribution in [-0.2, 0) is 6.54 Å². The molecule has 1 N–H and O–H groups in total. The largest absolute Gasteiger partial charge is 0.494 e. The lowest BCUT2D eigenvalue weighted by atomic mass is 10.2. The number of fused-ring (bicyclic) bond motifs is 3. The minimum absolute atomic E-state index is 0.149. The topological polar surface area (TPSA) is 46.5 Å². The molecule has 4 rings (SSSR count). The molecule has 2 aromatic carbocycles. The number of hydrogen-bond donors (Lipinski definition) is 1. The highest BCUT2D eigenvalue weighted by atomic mass is 16.5. The molecule has 0 spiro atoms. The van der Waals surface area contributed by atoms with E-state index in [9.17, 15) is 4.79 Å². The first-order valence-corrected chi connectivity index (χ1v) is 8.33. The smallest absolute Gasteiger partial charge is 0.326 e. The van der Waals surface area contributed by atoms with Gasteiger partial charge in [0.25, 0.3) is 0 Å². The lowest BCUT2D eigenvalue weighted by molar-refractivity contribution is 0.256. The Hall–Kier alpha value is -3.21. The number of benzene rings is 2. The molecule has 0 atom stereocenters. The van der Waals surface area contributed by atoms with E-state index < -0.39 is 0 Å². The summed E-state index contributed by atoms with van der Waals surface area (Å²) in [4.78, 5) is 14.6. The fourth-order valence-corrected chi connectivity index (χ4v) is 3.10. The third-order valence-corrected chi connectivity index (χ3v) is 4.25. The lowest BCUT2D eigenvalue weighted by Gasteiger charge is -2.31. The predicted molar refractivity (Wildman–Crippen MR) is 98.6 cm³/mol. The zero-order valence-corrected chi connectivity index (χ0v) is 14.0. The average Bonchev–Trinajstić information content (AvgIpc) is 3.12. The van der Waals surface area contributed by atoms with Crippen LogP contribution in [0.1, 0.15) is 12.6 Å². The molecule has 1 aliphatic heterocycles. The van der Waals surface area contributed by atoms with Gasteiger partial charge in [0.2, 0.25) is 0 Å². The SMILES string of the molecule is CCOc1ccc(NC(=O)N2Cc3cccn3-c3ccccc32)cc1. The van der Waals surface area contributed by atoms with Gasteiger partial charge in [-0.05, 0) is 55.5 Å².